The Balaban J connectivity index is 1.19. The number of nitrogens with zero attached hydrogens (tertiary/aromatic N) is 4. The van der Waals surface area contributed by atoms with E-state index < -0.39 is 0 Å². The van der Waals surface area contributed by atoms with Crippen LogP contribution in [0.15, 0.2) is 146 Å². The lowest BCUT2D eigenvalue weighted by Gasteiger charge is -2.21. The Labute approximate surface area is 282 Å². The minimum absolute atomic E-state index is 0.0155. The minimum Gasteiger partial charge on any atom is -0.294 e. The third-order valence-electron chi connectivity index (χ3n) is 10.9. The zero-order valence-electron chi connectivity index (χ0n) is 27.1. The first kappa shape index (κ1) is 26.8. The standard InChI is InChI=1S/C45H30N4/c1-45(2)34-15-7-5-11-29(34)33-25-27(19-20-35(33)45)28-23-24-46-41(26-28)48-37-17-9-6-14-32(37)43-39(48)21-22-40-42(43)30-12-3-4-13-31(30)44-47-36-16-8-10-18-38(36)49(40)44/h3-26H,1-2H3. The number of fused-ring (bicyclic) bond motifs is 15. The molecule has 10 aromatic rings. The molecule has 1 aliphatic carbocycles. The van der Waals surface area contributed by atoms with Gasteiger partial charge in [0, 0.05) is 33.2 Å². The second kappa shape index (κ2) is 9.42. The van der Waals surface area contributed by atoms with Crippen LogP contribution in [0.1, 0.15) is 25.0 Å². The zero-order chi connectivity index (χ0) is 32.4. The van der Waals surface area contributed by atoms with Crippen LogP contribution in [-0.4, -0.2) is 18.9 Å². The Morgan fingerprint density at radius 2 is 1.18 bits per heavy atom. The summed E-state index contributed by atoms with van der Waals surface area (Å²) in [5.41, 5.74) is 14.3. The molecule has 6 aromatic carbocycles. The fraction of sp³-hybridized carbons (Fsp3) is 0.0667. The smallest absolute Gasteiger partial charge is 0.146 e. The number of aromatic nitrogens is 4. The highest BCUT2D eigenvalue weighted by Crippen LogP contribution is 2.49. The highest BCUT2D eigenvalue weighted by molar-refractivity contribution is 6.29. The van der Waals surface area contributed by atoms with Crippen LogP contribution >= 0.6 is 0 Å². The number of hydrogen-bond acceptors (Lipinski definition) is 2. The zero-order valence-corrected chi connectivity index (χ0v) is 27.1. The van der Waals surface area contributed by atoms with Crippen molar-refractivity contribution in [3.05, 3.63) is 157 Å². The topological polar surface area (TPSA) is 35.1 Å². The molecule has 4 heterocycles. The van der Waals surface area contributed by atoms with Gasteiger partial charge in [-0.25, -0.2) is 9.97 Å². The first-order valence-corrected chi connectivity index (χ1v) is 16.9. The second-order valence-corrected chi connectivity index (χ2v) is 13.8. The fourth-order valence-electron chi connectivity index (χ4n) is 8.72. The molecule has 0 bridgehead atoms. The molecule has 0 saturated heterocycles. The van der Waals surface area contributed by atoms with Gasteiger partial charge in [0.2, 0.25) is 0 Å². The molecular formula is C45H30N4. The third kappa shape index (κ3) is 3.47. The van der Waals surface area contributed by atoms with Crippen LogP contribution in [0.5, 0.6) is 0 Å². The van der Waals surface area contributed by atoms with E-state index in [0.717, 1.165) is 50.0 Å². The van der Waals surface area contributed by atoms with Gasteiger partial charge >= 0.3 is 0 Å². The number of rotatable bonds is 2. The summed E-state index contributed by atoms with van der Waals surface area (Å²) in [6, 6.07) is 50.6. The van der Waals surface area contributed by atoms with Crippen LogP contribution in [-0.2, 0) is 5.41 Å². The van der Waals surface area contributed by atoms with Crippen molar-refractivity contribution >= 4 is 60.2 Å². The molecule has 0 saturated carbocycles. The average Bonchev–Trinajstić information content (AvgIpc) is 3.78. The molecule has 0 spiro atoms. The van der Waals surface area contributed by atoms with Crippen LogP contribution in [0.2, 0.25) is 0 Å². The summed E-state index contributed by atoms with van der Waals surface area (Å²) < 4.78 is 4.68. The van der Waals surface area contributed by atoms with Gasteiger partial charge in [0.25, 0.3) is 0 Å². The maximum atomic E-state index is 5.12. The molecule has 4 nitrogen and oxygen atoms in total. The van der Waals surface area contributed by atoms with Gasteiger partial charge < -0.3 is 0 Å². The molecule has 0 aliphatic heterocycles. The second-order valence-electron chi connectivity index (χ2n) is 13.8. The van der Waals surface area contributed by atoms with Crippen molar-refractivity contribution < 1.29 is 0 Å². The van der Waals surface area contributed by atoms with Crippen LogP contribution in [0.25, 0.3) is 88.2 Å². The van der Waals surface area contributed by atoms with Crippen LogP contribution in [0, 0.1) is 0 Å². The van der Waals surface area contributed by atoms with E-state index in [0.29, 0.717) is 0 Å². The fourth-order valence-corrected chi connectivity index (χ4v) is 8.72. The van der Waals surface area contributed by atoms with E-state index >= 15 is 0 Å². The van der Waals surface area contributed by atoms with E-state index in [-0.39, 0.29) is 5.41 Å². The van der Waals surface area contributed by atoms with Crippen molar-refractivity contribution in [3.8, 4) is 28.1 Å². The van der Waals surface area contributed by atoms with Gasteiger partial charge in [-0.2, -0.15) is 0 Å². The van der Waals surface area contributed by atoms with E-state index in [1.807, 2.05) is 6.20 Å². The van der Waals surface area contributed by atoms with Crippen LogP contribution < -0.4 is 0 Å². The Hall–Kier alpha value is -6.26. The van der Waals surface area contributed by atoms with Crippen LogP contribution in [0.4, 0.5) is 0 Å². The first-order chi connectivity index (χ1) is 24.1. The summed E-state index contributed by atoms with van der Waals surface area (Å²) in [5, 5.41) is 6.02. The van der Waals surface area contributed by atoms with Gasteiger partial charge in [0.05, 0.1) is 27.6 Å². The maximum Gasteiger partial charge on any atom is 0.146 e. The van der Waals surface area contributed by atoms with Crippen molar-refractivity contribution in [3.63, 3.8) is 0 Å². The van der Waals surface area contributed by atoms with Gasteiger partial charge in [-0.15, -0.1) is 0 Å². The summed E-state index contributed by atoms with van der Waals surface area (Å²) in [6.45, 7) is 4.66. The largest absolute Gasteiger partial charge is 0.294 e. The maximum absolute atomic E-state index is 5.12. The first-order valence-electron chi connectivity index (χ1n) is 16.9. The summed E-state index contributed by atoms with van der Waals surface area (Å²) in [5.74, 6) is 0.905. The molecule has 0 radical (unpaired) electrons. The predicted octanol–water partition coefficient (Wildman–Crippen LogP) is 11.3. The van der Waals surface area contributed by atoms with Gasteiger partial charge in [-0.1, -0.05) is 105 Å². The third-order valence-corrected chi connectivity index (χ3v) is 10.9. The highest BCUT2D eigenvalue weighted by atomic mass is 15.1. The molecule has 11 rings (SSSR count). The predicted molar refractivity (Wildman–Crippen MR) is 203 cm³/mol. The van der Waals surface area contributed by atoms with Crippen molar-refractivity contribution in [2.45, 2.75) is 19.3 Å². The van der Waals surface area contributed by atoms with Crippen molar-refractivity contribution in [2.75, 3.05) is 0 Å². The van der Waals surface area contributed by atoms with Gasteiger partial charge in [-0.05, 0) is 87.3 Å². The Morgan fingerprint density at radius 3 is 2.08 bits per heavy atom. The van der Waals surface area contributed by atoms with Gasteiger partial charge in [-0.3, -0.25) is 8.97 Å². The van der Waals surface area contributed by atoms with Crippen molar-refractivity contribution in [2.24, 2.45) is 0 Å². The lowest BCUT2D eigenvalue weighted by molar-refractivity contribution is 0.660. The lowest BCUT2D eigenvalue weighted by atomic mass is 9.82. The molecule has 49 heavy (non-hydrogen) atoms. The Kier molecular flexibility index (Phi) is 5.15. The molecule has 4 aromatic heterocycles. The number of para-hydroxylation sites is 3. The SMILES string of the molecule is CC1(C)c2ccccc2-c2cc(-c3ccnc(-n4c5ccccc5c5c6c7ccccc7c7nc8ccccc8n7c6ccc54)c3)ccc21. The van der Waals surface area contributed by atoms with Gasteiger partial charge in [0.1, 0.15) is 11.5 Å². The lowest BCUT2D eigenvalue weighted by Crippen LogP contribution is -2.14. The Morgan fingerprint density at radius 1 is 0.510 bits per heavy atom. The van der Waals surface area contributed by atoms with E-state index in [1.165, 1.54) is 49.4 Å². The number of benzene rings is 6. The highest BCUT2D eigenvalue weighted by Gasteiger charge is 2.35. The van der Waals surface area contributed by atoms with E-state index in [1.54, 1.807) is 0 Å². The van der Waals surface area contributed by atoms with Gasteiger partial charge in [0.15, 0.2) is 0 Å². The molecule has 230 valence electrons. The van der Waals surface area contributed by atoms with E-state index in [4.69, 9.17) is 9.97 Å². The Bertz CT molecular complexity index is 3030. The normalized spacial score (nSPS) is 13.7. The molecule has 0 unspecified atom stereocenters. The summed E-state index contributed by atoms with van der Waals surface area (Å²) >= 11 is 0. The molecule has 0 N–H and O–H groups in total. The molecule has 4 heteroatoms. The summed E-state index contributed by atoms with van der Waals surface area (Å²) in [6.07, 6.45) is 1.95. The number of hydrogen-bond donors (Lipinski definition) is 0. The molecule has 0 fully saturated rings. The number of pyridine rings is 2. The average molecular weight is 627 g/mol. The van der Waals surface area contributed by atoms with E-state index in [9.17, 15) is 0 Å². The minimum atomic E-state index is -0.0155. The summed E-state index contributed by atoms with van der Waals surface area (Å²) in [7, 11) is 0. The monoisotopic (exact) mass is 626 g/mol. The van der Waals surface area contributed by atoms with Crippen LogP contribution in [0.3, 0.4) is 0 Å². The van der Waals surface area contributed by atoms with Crippen molar-refractivity contribution in [1.82, 2.24) is 18.9 Å². The molecule has 1 aliphatic rings. The number of imidazole rings is 1. The van der Waals surface area contributed by atoms with E-state index in [2.05, 4.69) is 162 Å². The molecule has 0 atom stereocenters. The molecule has 0 amide bonds. The quantitative estimate of drug-likeness (QED) is 0.179. The van der Waals surface area contributed by atoms with Crippen molar-refractivity contribution in [1.29, 1.82) is 0 Å². The summed E-state index contributed by atoms with van der Waals surface area (Å²) in [4.78, 5) is 10.1. The molecular weight excluding hydrogens is 597 g/mol.